The number of carbonyl (C=O) groups excluding carboxylic acids is 1. The number of alkyl halides is 1. The van der Waals surface area contributed by atoms with Gasteiger partial charge in [0.25, 0.3) is 0 Å². The van der Waals surface area contributed by atoms with Crippen molar-refractivity contribution in [1.29, 1.82) is 0 Å². The number of anilines is 1. The molecule has 1 saturated heterocycles. The van der Waals surface area contributed by atoms with Crippen molar-refractivity contribution in [1.82, 2.24) is 10.2 Å². The van der Waals surface area contributed by atoms with Crippen molar-refractivity contribution in [3.63, 3.8) is 0 Å². The summed E-state index contributed by atoms with van der Waals surface area (Å²) in [5, 5.41) is 9.20. The monoisotopic (exact) mass is 415 g/mol. The van der Waals surface area contributed by atoms with Crippen LogP contribution in [0.5, 0.6) is 11.5 Å². The van der Waals surface area contributed by atoms with E-state index in [1.807, 2.05) is 42.5 Å². The summed E-state index contributed by atoms with van der Waals surface area (Å²) in [6.45, 7) is 0. The molecule has 2 heterocycles. The van der Waals surface area contributed by atoms with Crippen LogP contribution in [0.25, 0.3) is 0 Å². The average Bonchev–Trinajstić information content (AvgIpc) is 3.18. The Labute approximate surface area is 171 Å². The summed E-state index contributed by atoms with van der Waals surface area (Å²) in [6, 6.07) is 15.2. The van der Waals surface area contributed by atoms with E-state index in [0.29, 0.717) is 23.1 Å². The van der Waals surface area contributed by atoms with E-state index >= 15 is 0 Å². The zero-order valence-electron chi connectivity index (χ0n) is 15.3. The van der Waals surface area contributed by atoms with Crippen molar-refractivity contribution in [2.24, 2.45) is 0 Å². The van der Waals surface area contributed by atoms with Crippen molar-refractivity contribution in [3.8, 4) is 11.5 Å². The maximum Gasteiger partial charge on any atom is 0.250 e. The van der Waals surface area contributed by atoms with E-state index in [2.05, 4.69) is 10.2 Å². The molecule has 2 aromatic carbocycles. The second-order valence-corrected chi connectivity index (χ2v) is 7.85. The lowest BCUT2D eigenvalue weighted by Crippen LogP contribution is -2.56. The average molecular weight is 416 g/mol. The number of ether oxygens (including phenoxy) is 2. The molecule has 2 atom stereocenters. The van der Waals surface area contributed by atoms with Gasteiger partial charge in [0.05, 0.1) is 20.3 Å². The molecule has 6 nitrogen and oxygen atoms in total. The van der Waals surface area contributed by atoms with Crippen LogP contribution in [0.3, 0.4) is 0 Å². The third kappa shape index (κ3) is 3.43. The molecule has 0 N–H and O–H groups in total. The normalized spacial score (nSPS) is 18.7. The lowest BCUT2D eigenvalue weighted by Gasteiger charge is -2.42. The Balaban J connectivity index is 1.62. The number of β-lactam (4-membered cyclic amide) rings is 1. The van der Waals surface area contributed by atoms with Crippen molar-refractivity contribution in [2.45, 2.75) is 17.8 Å². The summed E-state index contributed by atoms with van der Waals surface area (Å²) in [6.07, 6.45) is 0.669. The van der Waals surface area contributed by atoms with Gasteiger partial charge in [-0.3, -0.25) is 9.69 Å². The van der Waals surface area contributed by atoms with E-state index in [4.69, 9.17) is 21.1 Å². The highest BCUT2D eigenvalue weighted by molar-refractivity contribution is 7.15. The third-order valence-corrected chi connectivity index (χ3v) is 5.95. The highest BCUT2D eigenvalue weighted by Gasteiger charge is 2.49. The van der Waals surface area contributed by atoms with Gasteiger partial charge >= 0.3 is 0 Å². The summed E-state index contributed by atoms with van der Waals surface area (Å²) < 4.78 is 10.7. The Hall–Kier alpha value is -2.64. The SMILES string of the molecule is COc1cc(OC)cc(C2C(Cl)C(=O)N2c2nnc(Cc3ccccc3)s2)c1. The number of nitrogens with zero attached hydrogens (tertiary/aromatic N) is 3. The number of rotatable bonds is 6. The van der Waals surface area contributed by atoms with Crippen LogP contribution in [-0.2, 0) is 11.2 Å². The van der Waals surface area contributed by atoms with Crippen LogP contribution in [0, 0.1) is 0 Å². The second kappa shape index (κ2) is 7.77. The van der Waals surface area contributed by atoms with Crippen LogP contribution < -0.4 is 14.4 Å². The van der Waals surface area contributed by atoms with Gasteiger partial charge in [-0.15, -0.1) is 21.8 Å². The van der Waals surface area contributed by atoms with Crippen LogP contribution in [0.1, 0.15) is 22.2 Å². The number of benzene rings is 2. The molecule has 28 heavy (non-hydrogen) atoms. The van der Waals surface area contributed by atoms with E-state index in [1.165, 1.54) is 11.3 Å². The molecule has 4 rings (SSSR count). The number of aromatic nitrogens is 2. The first kappa shape index (κ1) is 18.7. The standard InChI is InChI=1S/C20H18ClN3O3S/c1-26-14-9-13(10-15(11-14)27-2)18-17(21)19(25)24(18)20-23-22-16(28-20)8-12-6-4-3-5-7-12/h3-7,9-11,17-18H,8H2,1-2H3. The molecule has 0 saturated carbocycles. The second-order valence-electron chi connectivity index (χ2n) is 6.34. The Morgan fingerprint density at radius 2 is 1.75 bits per heavy atom. The first-order valence-electron chi connectivity index (χ1n) is 8.67. The third-order valence-electron chi connectivity index (χ3n) is 4.60. The van der Waals surface area contributed by atoms with Crippen molar-refractivity contribution < 1.29 is 14.3 Å². The molecule has 0 bridgehead atoms. The van der Waals surface area contributed by atoms with Crippen molar-refractivity contribution >= 4 is 34.0 Å². The van der Waals surface area contributed by atoms with E-state index < -0.39 is 5.38 Å². The summed E-state index contributed by atoms with van der Waals surface area (Å²) in [4.78, 5) is 14.1. The minimum absolute atomic E-state index is 0.184. The molecule has 0 spiro atoms. The number of hydrogen-bond donors (Lipinski definition) is 0. The zero-order chi connectivity index (χ0) is 19.7. The molecule has 3 aromatic rings. The Kier molecular flexibility index (Phi) is 5.19. The Morgan fingerprint density at radius 1 is 1.07 bits per heavy atom. The topological polar surface area (TPSA) is 64.6 Å². The van der Waals surface area contributed by atoms with Gasteiger partial charge in [-0.05, 0) is 23.3 Å². The number of carbonyl (C=O) groups is 1. The van der Waals surface area contributed by atoms with Crippen LogP contribution >= 0.6 is 22.9 Å². The van der Waals surface area contributed by atoms with Gasteiger partial charge in [0.1, 0.15) is 21.9 Å². The fourth-order valence-corrected chi connectivity index (χ4v) is 4.45. The number of halogens is 1. The summed E-state index contributed by atoms with van der Waals surface area (Å²) in [5.41, 5.74) is 1.97. The largest absolute Gasteiger partial charge is 0.497 e. The van der Waals surface area contributed by atoms with Gasteiger partial charge in [-0.25, -0.2) is 0 Å². The summed E-state index contributed by atoms with van der Waals surface area (Å²) >= 11 is 7.75. The molecule has 0 aliphatic carbocycles. The molecule has 1 aromatic heterocycles. The molecule has 1 aliphatic heterocycles. The Bertz CT molecular complexity index is 973. The predicted octanol–water partition coefficient (Wildman–Crippen LogP) is 3.84. The van der Waals surface area contributed by atoms with E-state index in [1.54, 1.807) is 25.2 Å². The smallest absolute Gasteiger partial charge is 0.250 e. The van der Waals surface area contributed by atoms with Crippen molar-refractivity contribution in [2.75, 3.05) is 19.1 Å². The fraction of sp³-hybridized carbons (Fsp3) is 0.250. The first-order valence-corrected chi connectivity index (χ1v) is 9.92. The number of hydrogen-bond acceptors (Lipinski definition) is 6. The highest BCUT2D eigenvalue weighted by Crippen LogP contribution is 2.44. The first-order chi connectivity index (χ1) is 13.6. The molecular weight excluding hydrogens is 398 g/mol. The molecule has 1 fully saturated rings. The molecule has 1 aliphatic rings. The molecule has 8 heteroatoms. The van der Waals surface area contributed by atoms with E-state index in [9.17, 15) is 4.79 Å². The van der Waals surface area contributed by atoms with Crippen LogP contribution in [0.15, 0.2) is 48.5 Å². The number of amides is 1. The molecule has 1 amide bonds. The summed E-state index contributed by atoms with van der Waals surface area (Å²) in [5.74, 6) is 1.09. The maximum absolute atomic E-state index is 12.5. The lowest BCUT2D eigenvalue weighted by molar-refractivity contribution is -0.123. The molecule has 2 unspecified atom stereocenters. The molecule has 0 radical (unpaired) electrons. The molecular formula is C20H18ClN3O3S. The van der Waals surface area contributed by atoms with Crippen LogP contribution in [-0.4, -0.2) is 35.7 Å². The Morgan fingerprint density at radius 3 is 2.39 bits per heavy atom. The fourth-order valence-electron chi connectivity index (χ4n) is 3.17. The van der Waals surface area contributed by atoms with E-state index in [-0.39, 0.29) is 11.9 Å². The van der Waals surface area contributed by atoms with Gasteiger partial charge in [-0.2, -0.15) is 0 Å². The summed E-state index contributed by atoms with van der Waals surface area (Å²) in [7, 11) is 3.17. The van der Waals surface area contributed by atoms with Gasteiger partial charge in [-0.1, -0.05) is 41.7 Å². The molecule has 144 valence electrons. The van der Waals surface area contributed by atoms with Crippen LogP contribution in [0.4, 0.5) is 5.13 Å². The lowest BCUT2D eigenvalue weighted by atomic mass is 9.93. The van der Waals surface area contributed by atoms with Gasteiger partial charge in [0.15, 0.2) is 0 Å². The van der Waals surface area contributed by atoms with Gasteiger partial charge in [0.2, 0.25) is 11.0 Å². The van der Waals surface area contributed by atoms with Crippen LogP contribution in [0.2, 0.25) is 0 Å². The van der Waals surface area contributed by atoms with Gasteiger partial charge < -0.3 is 9.47 Å². The van der Waals surface area contributed by atoms with Gasteiger partial charge in [0, 0.05) is 12.5 Å². The highest BCUT2D eigenvalue weighted by atomic mass is 35.5. The quantitative estimate of drug-likeness (QED) is 0.452. The van der Waals surface area contributed by atoms with E-state index in [0.717, 1.165) is 16.1 Å². The zero-order valence-corrected chi connectivity index (χ0v) is 16.9. The van der Waals surface area contributed by atoms with Crippen molar-refractivity contribution in [3.05, 3.63) is 64.7 Å². The maximum atomic E-state index is 12.5. The minimum atomic E-state index is -0.668. The number of methoxy groups -OCH3 is 2. The minimum Gasteiger partial charge on any atom is -0.497 e. The predicted molar refractivity (Wildman–Crippen MR) is 109 cm³/mol.